The van der Waals surface area contributed by atoms with Crippen molar-refractivity contribution in [2.24, 2.45) is 5.92 Å². The molecule has 8 heteroatoms. The lowest BCUT2D eigenvalue weighted by Crippen LogP contribution is -2.20. The van der Waals surface area contributed by atoms with Gasteiger partial charge in [0.2, 0.25) is 0 Å². The third-order valence-electron chi connectivity index (χ3n) is 6.57. The third kappa shape index (κ3) is 4.76. The lowest BCUT2D eigenvalue weighted by Gasteiger charge is -2.27. The number of carbonyl (C=O) groups excluding carboxylic acids is 1. The third-order valence-corrected chi connectivity index (χ3v) is 6.57. The molecule has 1 aromatic carbocycles. The van der Waals surface area contributed by atoms with Gasteiger partial charge in [0.1, 0.15) is 17.1 Å². The number of aryl methyl sites for hydroxylation is 1. The predicted octanol–water partition coefficient (Wildman–Crippen LogP) is 5.01. The molecule has 0 radical (unpaired) electrons. The minimum absolute atomic E-state index is 0.00478. The lowest BCUT2D eigenvalue weighted by atomic mass is 9.87. The summed E-state index contributed by atoms with van der Waals surface area (Å²) in [7, 11) is 1.55. The average molecular weight is 458 g/mol. The van der Waals surface area contributed by atoms with Crippen LogP contribution < -0.4 is 4.74 Å². The predicted molar refractivity (Wildman–Crippen MR) is 121 cm³/mol. The van der Waals surface area contributed by atoms with E-state index in [1.807, 2.05) is 23.9 Å². The Labute approximate surface area is 191 Å². The molecule has 2 aromatic heterocycles. The highest BCUT2D eigenvalue weighted by Crippen LogP contribution is 2.36. The zero-order valence-electron chi connectivity index (χ0n) is 19.1. The Morgan fingerprint density at radius 3 is 2.64 bits per heavy atom. The molecule has 0 amide bonds. The molecule has 3 aromatic rings. The fourth-order valence-corrected chi connectivity index (χ4v) is 4.70. The van der Waals surface area contributed by atoms with Crippen molar-refractivity contribution in [3.8, 4) is 5.75 Å². The van der Waals surface area contributed by atoms with E-state index in [9.17, 15) is 18.7 Å². The number of fused-ring (bicyclic) bond motifs is 1. The Morgan fingerprint density at radius 1 is 1.27 bits per heavy atom. The number of aromatic nitrogens is 3. The van der Waals surface area contributed by atoms with Crippen LogP contribution in [-0.4, -0.2) is 39.4 Å². The first-order chi connectivity index (χ1) is 15.7. The number of halogens is 2. The Morgan fingerprint density at radius 2 is 2.00 bits per heavy atom. The van der Waals surface area contributed by atoms with Gasteiger partial charge >= 0.3 is 0 Å². The van der Waals surface area contributed by atoms with Crippen molar-refractivity contribution in [2.45, 2.75) is 57.9 Å². The van der Waals surface area contributed by atoms with Crippen LogP contribution in [0.25, 0.3) is 10.9 Å². The van der Waals surface area contributed by atoms with E-state index >= 15 is 0 Å². The number of hydrogen-bond acceptors (Lipinski definition) is 5. The van der Waals surface area contributed by atoms with Crippen molar-refractivity contribution in [2.75, 3.05) is 13.7 Å². The van der Waals surface area contributed by atoms with Crippen molar-refractivity contribution in [1.82, 2.24) is 14.8 Å². The van der Waals surface area contributed by atoms with Gasteiger partial charge in [-0.1, -0.05) is 6.07 Å². The number of Topliss-reactive ketones (excluding diaryl/α,β-unsaturated/α-hetero) is 1. The highest BCUT2D eigenvalue weighted by atomic mass is 19.3. The molecular weight excluding hydrogens is 428 g/mol. The summed E-state index contributed by atoms with van der Waals surface area (Å²) in [5.74, 6) is -2.53. The number of aliphatic hydroxyl groups is 1. The van der Waals surface area contributed by atoms with E-state index < -0.39 is 11.6 Å². The van der Waals surface area contributed by atoms with E-state index in [-0.39, 0.29) is 30.5 Å². The van der Waals surface area contributed by atoms with Crippen molar-refractivity contribution in [3.05, 3.63) is 53.0 Å². The summed E-state index contributed by atoms with van der Waals surface area (Å²) in [5.41, 5.74) is 1.90. The molecular formula is C25H29F2N3O3. The van der Waals surface area contributed by atoms with Crippen LogP contribution in [0.5, 0.6) is 5.75 Å². The van der Waals surface area contributed by atoms with E-state index in [1.165, 1.54) is 18.2 Å². The van der Waals surface area contributed by atoms with Gasteiger partial charge in [0.15, 0.2) is 5.78 Å². The minimum atomic E-state index is -3.12. The molecule has 0 bridgehead atoms. The summed E-state index contributed by atoms with van der Waals surface area (Å²) in [5, 5.41) is 15.1. The maximum Gasteiger partial charge on any atom is 0.286 e. The molecule has 0 unspecified atom stereocenters. The summed E-state index contributed by atoms with van der Waals surface area (Å²) in [6.07, 6.45) is 5.86. The van der Waals surface area contributed by atoms with Crippen molar-refractivity contribution < 1.29 is 23.4 Å². The Bertz CT molecular complexity index is 1160. The standard InChI is InChI=1S/C25H29F2N3O3/c1-15-23-18(13-30(29-23)19-9-7-16(14-31)8-10-19)11-17(24(15)33-3)12-21(32)20-5-4-6-22(28-20)25(2,26)27/h4-6,11,13,16,19,31H,7-10,12,14H2,1-3H3/t16-,19-. The quantitative estimate of drug-likeness (QED) is 0.505. The summed E-state index contributed by atoms with van der Waals surface area (Å²) in [6.45, 7) is 2.90. The number of methoxy groups -OCH3 is 1. The fourth-order valence-electron chi connectivity index (χ4n) is 4.70. The second kappa shape index (κ2) is 9.17. The molecule has 1 aliphatic carbocycles. The normalized spacial score (nSPS) is 19.1. The average Bonchev–Trinajstić information content (AvgIpc) is 3.23. The van der Waals surface area contributed by atoms with Crippen LogP contribution in [0, 0.1) is 12.8 Å². The summed E-state index contributed by atoms with van der Waals surface area (Å²) in [4.78, 5) is 16.8. The number of ketones is 1. The molecule has 1 aliphatic rings. The van der Waals surface area contributed by atoms with Crippen molar-refractivity contribution >= 4 is 16.7 Å². The first-order valence-electron chi connectivity index (χ1n) is 11.3. The number of ether oxygens (including phenoxy) is 1. The maximum atomic E-state index is 13.7. The van der Waals surface area contributed by atoms with Gasteiger partial charge < -0.3 is 9.84 Å². The van der Waals surface area contributed by atoms with Gasteiger partial charge in [-0.3, -0.25) is 9.48 Å². The zero-order chi connectivity index (χ0) is 23.8. The van der Waals surface area contributed by atoms with Crippen molar-refractivity contribution in [1.29, 1.82) is 0 Å². The summed E-state index contributed by atoms with van der Waals surface area (Å²) >= 11 is 0. The number of nitrogens with zero attached hydrogens (tertiary/aromatic N) is 3. The van der Waals surface area contributed by atoms with Gasteiger partial charge in [0.25, 0.3) is 5.92 Å². The highest BCUT2D eigenvalue weighted by molar-refractivity contribution is 5.97. The van der Waals surface area contributed by atoms with Crippen LogP contribution in [0.2, 0.25) is 0 Å². The number of pyridine rings is 1. The number of hydrogen-bond donors (Lipinski definition) is 1. The van der Waals surface area contributed by atoms with Crippen LogP contribution in [-0.2, 0) is 12.3 Å². The molecule has 1 saturated carbocycles. The van der Waals surface area contributed by atoms with Gasteiger partial charge in [0.05, 0.1) is 18.7 Å². The van der Waals surface area contributed by atoms with E-state index in [1.54, 1.807) is 7.11 Å². The second-order valence-corrected chi connectivity index (χ2v) is 8.99. The molecule has 6 nitrogen and oxygen atoms in total. The van der Waals surface area contributed by atoms with E-state index in [2.05, 4.69) is 4.98 Å². The van der Waals surface area contributed by atoms with Gasteiger partial charge in [-0.05, 0) is 56.7 Å². The zero-order valence-corrected chi connectivity index (χ0v) is 19.1. The summed E-state index contributed by atoms with van der Waals surface area (Å²) in [6, 6.07) is 6.26. The Balaban J connectivity index is 1.63. The van der Waals surface area contributed by atoms with Gasteiger partial charge in [-0.25, -0.2) is 4.98 Å². The van der Waals surface area contributed by atoms with Crippen molar-refractivity contribution in [3.63, 3.8) is 0 Å². The SMILES string of the molecule is COc1c(CC(=O)c2cccc(C(C)(F)F)n2)cc2cn([C@H]3CC[C@H](CO)CC3)nc2c1C. The van der Waals surface area contributed by atoms with Gasteiger partial charge in [0, 0.05) is 42.7 Å². The lowest BCUT2D eigenvalue weighted by molar-refractivity contribution is 0.0126. The molecule has 4 rings (SSSR count). The Kier molecular flexibility index (Phi) is 6.47. The Hall–Kier alpha value is -2.87. The number of alkyl halides is 2. The molecule has 176 valence electrons. The molecule has 1 fully saturated rings. The smallest absolute Gasteiger partial charge is 0.286 e. The molecule has 0 saturated heterocycles. The van der Waals surface area contributed by atoms with Gasteiger partial charge in [-0.2, -0.15) is 13.9 Å². The van der Waals surface area contributed by atoms with Crippen LogP contribution in [0.3, 0.4) is 0 Å². The van der Waals surface area contributed by atoms with Crippen LogP contribution in [0.4, 0.5) is 8.78 Å². The molecule has 1 N–H and O–H groups in total. The van der Waals surface area contributed by atoms with E-state index in [4.69, 9.17) is 9.84 Å². The minimum Gasteiger partial charge on any atom is -0.496 e. The molecule has 2 heterocycles. The maximum absolute atomic E-state index is 13.7. The van der Waals surface area contributed by atoms with E-state index in [0.29, 0.717) is 17.2 Å². The number of rotatable bonds is 7. The van der Waals surface area contributed by atoms with Gasteiger partial charge in [-0.15, -0.1) is 0 Å². The van der Waals surface area contributed by atoms with Crippen LogP contribution >= 0.6 is 0 Å². The first-order valence-corrected chi connectivity index (χ1v) is 11.3. The number of carbonyl (C=O) groups is 1. The number of aliphatic hydroxyl groups excluding tert-OH is 1. The summed E-state index contributed by atoms with van der Waals surface area (Å²) < 4.78 is 34.9. The largest absolute Gasteiger partial charge is 0.496 e. The fraction of sp³-hybridized carbons (Fsp3) is 0.480. The number of benzene rings is 1. The van der Waals surface area contributed by atoms with E-state index in [0.717, 1.165) is 49.1 Å². The topological polar surface area (TPSA) is 77.2 Å². The monoisotopic (exact) mass is 457 g/mol. The second-order valence-electron chi connectivity index (χ2n) is 8.99. The van der Waals surface area contributed by atoms with Crippen LogP contribution in [0.15, 0.2) is 30.5 Å². The molecule has 0 atom stereocenters. The molecule has 0 spiro atoms. The highest BCUT2D eigenvalue weighted by Gasteiger charge is 2.28. The van der Waals surface area contributed by atoms with Crippen LogP contribution in [0.1, 0.15) is 66.0 Å². The molecule has 0 aliphatic heterocycles. The first kappa shape index (κ1) is 23.3. The molecule has 33 heavy (non-hydrogen) atoms.